The Hall–Kier alpha value is -1.71. The van der Waals surface area contributed by atoms with Crippen LogP contribution >= 0.6 is 24.0 Å². The molecule has 1 unspecified atom stereocenters. The molecule has 1 saturated heterocycles. The third kappa shape index (κ3) is 6.42. The lowest BCUT2D eigenvalue weighted by atomic mass is 10.2. The maximum Gasteiger partial charge on any atom is 0.225 e. The Morgan fingerprint density at radius 3 is 2.68 bits per heavy atom. The van der Waals surface area contributed by atoms with E-state index in [2.05, 4.69) is 10.6 Å². The minimum absolute atomic E-state index is 0. The molecule has 0 aromatic heterocycles. The zero-order valence-electron chi connectivity index (χ0n) is 17.4. The molecule has 0 bridgehead atoms. The van der Waals surface area contributed by atoms with E-state index in [1.807, 2.05) is 43.9 Å². The van der Waals surface area contributed by atoms with E-state index < -0.39 is 0 Å². The van der Waals surface area contributed by atoms with Crippen LogP contribution in [-0.2, 0) is 11.3 Å². The highest BCUT2D eigenvalue weighted by Crippen LogP contribution is 2.31. The molecule has 1 fully saturated rings. The second kappa shape index (κ2) is 12.0. The van der Waals surface area contributed by atoms with E-state index in [0.29, 0.717) is 24.6 Å². The number of guanidine groups is 1. The highest BCUT2D eigenvalue weighted by Gasteiger charge is 2.28. The number of ether oxygens (including phenoxy) is 2. The molecule has 0 saturated carbocycles. The first-order chi connectivity index (χ1) is 13.0. The van der Waals surface area contributed by atoms with Crippen molar-refractivity contribution in [3.63, 3.8) is 0 Å². The first kappa shape index (κ1) is 24.3. The molecule has 158 valence electrons. The van der Waals surface area contributed by atoms with E-state index in [4.69, 9.17) is 14.5 Å². The van der Waals surface area contributed by atoms with Gasteiger partial charge in [0.15, 0.2) is 17.5 Å². The van der Waals surface area contributed by atoms with E-state index in [1.54, 1.807) is 14.2 Å². The molecule has 28 heavy (non-hydrogen) atoms. The highest BCUT2D eigenvalue weighted by molar-refractivity contribution is 14.0. The van der Waals surface area contributed by atoms with Crippen LogP contribution in [0.5, 0.6) is 11.5 Å². The number of likely N-dealkylation sites (tertiary alicyclic amines) is 1. The van der Waals surface area contributed by atoms with Crippen LogP contribution in [0.4, 0.5) is 0 Å². The normalized spacial score (nSPS) is 16.6. The Kier molecular flexibility index (Phi) is 10.4. The van der Waals surface area contributed by atoms with Crippen LogP contribution < -0.4 is 20.1 Å². The molecule has 1 aliphatic heterocycles. The zero-order valence-corrected chi connectivity index (χ0v) is 19.8. The number of carbonyl (C=O) groups excluding carboxylic acids is 1. The van der Waals surface area contributed by atoms with E-state index in [-0.39, 0.29) is 41.8 Å². The van der Waals surface area contributed by atoms with Crippen molar-refractivity contribution in [2.24, 2.45) is 10.9 Å². The van der Waals surface area contributed by atoms with Crippen LogP contribution in [0.15, 0.2) is 23.2 Å². The van der Waals surface area contributed by atoms with Crippen LogP contribution in [0.1, 0.15) is 32.8 Å². The number of nitrogens with one attached hydrogen (secondary N) is 2. The first-order valence-electron chi connectivity index (χ1n) is 9.53. The topological polar surface area (TPSA) is 75.2 Å². The summed E-state index contributed by atoms with van der Waals surface area (Å²) in [6, 6.07) is 5.98. The first-order valence-corrected chi connectivity index (χ1v) is 9.53. The number of methoxy groups -OCH3 is 2. The molecule has 0 radical (unpaired) electrons. The number of hydrogen-bond acceptors (Lipinski definition) is 4. The second-order valence-electron chi connectivity index (χ2n) is 6.92. The molecular weight excluding hydrogens is 471 g/mol. The van der Waals surface area contributed by atoms with Crippen molar-refractivity contribution in [1.29, 1.82) is 0 Å². The van der Waals surface area contributed by atoms with Crippen molar-refractivity contribution in [2.75, 3.05) is 33.9 Å². The lowest BCUT2D eigenvalue weighted by Gasteiger charge is -2.20. The number of para-hydroxylation sites is 1. The summed E-state index contributed by atoms with van der Waals surface area (Å²) in [7, 11) is 3.26. The summed E-state index contributed by atoms with van der Waals surface area (Å²) in [5, 5.41) is 6.73. The van der Waals surface area contributed by atoms with Gasteiger partial charge >= 0.3 is 0 Å². The average molecular weight is 504 g/mol. The van der Waals surface area contributed by atoms with Gasteiger partial charge in [0, 0.05) is 37.2 Å². The summed E-state index contributed by atoms with van der Waals surface area (Å²) in [4.78, 5) is 18.8. The molecule has 2 N–H and O–H groups in total. The Labute approximate surface area is 185 Å². The van der Waals surface area contributed by atoms with Gasteiger partial charge < -0.3 is 25.0 Å². The van der Waals surface area contributed by atoms with Crippen molar-refractivity contribution in [3.8, 4) is 11.5 Å². The fourth-order valence-electron chi connectivity index (χ4n) is 3.20. The summed E-state index contributed by atoms with van der Waals surface area (Å²) < 4.78 is 10.8. The van der Waals surface area contributed by atoms with Crippen LogP contribution in [0.3, 0.4) is 0 Å². The fraction of sp³-hybridized carbons (Fsp3) is 0.600. The Balaban J connectivity index is 0.00000392. The summed E-state index contributed by atoms with van der Waals surface area (Å²) in [5.74, 6) is 2.38. The summed E-state index contributed by atoms with van der Waals surface area (Å²) in [5.41, 5.74) is 0.956. The van der Waals surface area contributed by atoms with Gasteiger partial charge in [0.25, 0.3) is 0 Å². The van der Waals surface area contributed by atoms with E-state index in [9.17, 15) is 4.79 Å². The number of nitrogens with zero attached hydrogens (tertiary/aromatic N) is 2. The summed E-state index contributed by atoms with van der Waals surface area (Å²) in [6.07, 6.45) is 0.922. The number of halogens is 1. The third-order valence-corrected chi connectivity index (χ3v) is 4.57. The Morgan fingerprint density at radius 2 is 2.07 bits per heavy atom. The smallest absolute Gasteiger partial charge is 0.225 e. The molecule has 8 heteroatoms. The van der Waals surface area contributed by atoms with Gasteiger partial charge in [0.2, 0.25) is 5.91 Å². The average Bonchev–Trinajstić information content (AvgIpc) is 3.13. The molecule has 1 aromatic rings. The molecule has 0 spiro atoms. The fourth-order valence-corrected chi connectivity index (χ4v) is 3.20. The second-order valence-corrected chi connectivity index (χ2v) is 6.92. The molecule has 1 atom stereocenters. The largest absolute Gasteiger partial charge is 0.493 e. The number of carbonyl (C=O) groups is 1. The van der Waals surface area contributed by atoms with Gasteiger partial charge in [-0.25, -0.2) is 4.99 Å². The van der Waals surface area contributed by atoms with Gasteiger partial charge in [-0.1, -0.05) is 26.0 Å². The van der Waals surface area contributed by atoms with Crippen LogP contribution in [-0.4, -0.2) is 56.7 Å². The van der Waals surface area contributed by atoms with E-state index >= 15 is 0 Å². The van der Waals surface area contributed by atoms with Crippen molar-refractivity contribution in [3.05, 3.63) is 23.8 Å². The van der Waals surface area contributed by atoms with Crippen LogP contribution in [0.25, 0.3) is 0 Å². The van der Waals surface area contributed by atoms with Gasteiger partial charge in [-0.15, -0.1) is 24.0 Å². The predicted octanol–water partition coefficient (Wildman–Crippen LogP) is 2.63. The SMILES string of the molecule is CCNC(=NCc1cccc(OC)c1OC)NC1CCN(C(=O)C(C)C)C1.I. The van der Waals surface area contributed by atoms with Gasteiger partial charge in [0.1, 0.15) is 0 Å². The minimum Gasteiger partial charge on any atom is -0.493 e. The van der Waals surface area contributed by atoms with Crippen molar-refractivity contribution < 1.29 is 14.3 Å². The molecule has 1 aliphatic rings. The lowest BCUT2D eigenvalue weighted by Crippen LogP contribution is -2.45. The third-order valence-electron chi connectivity index (χ3n) is 4.57. The standard InChI is InChI=1S/C20H32N4O3.HI/c1-6-21-20(23-16-10-11-24(13-16)19(25)14(2)3)22-12-15-8-7-9-17(26-4)18(15)27-5;/h7-9,14,16H,6,10-13H2,1-5H3,(H2,21,22,23);1H. The van der Waals surface area contributed by atoms with Crippen LogP contribution in [0, 0.1) is 5.92 Å². The lowest BCUT2D eigenvalue weighted by molar-refractivity contribution is -0.133. The highest BCUT2D eigenvalue weighted by atomic mass is 127. The number of amides is 1. The van der Waals surface area contributed by atoms with Gasteiger partial charge in [0.05, 0.1) is 20.8 Å². The Bertz CT molecular complexity index is 667. The number of rotatable bonds is 7. The summed E-state index contributed by atoms with van der Waals surface area (Å²) >= 11 is 0. The molecular formula is C20H33IN4O3. The molecule has 1 amide bonds. The quantitative estimate of drug-likeness (QED) is 0.340. The van der Waals surface area contributed by atoms with E-state index in [1.165, 1.54) is 0 Å². The maximum atomic E-state index is 12.2. The maximum absolute atomic E-state index is 12.2. The number of hydrogen-bond donors (Lipinski definition) is 2. The molecule has 2 rings (SSSR count). The van der Waals surface area contributed by atoms with E-state index in [0.717, 1.165) is 31.0 Å². The molecule has 1 heterocycles. The number of aliphatic imine (C=N–C) groups is 1. The van der Waals surface area contributed by atoms with Crippen molar-refractivity contribution in [1.82, 2.24) is 15.5 Å². The summed E-state index contributed by atoms with van der Waals surface area (Å²) in [6.45, 7) is 8.65. The Morgan fingerprint density at radius 1 is 1.32 bits per heavy atom. The van der Waals surface area contributed by atoms with Crippen LogP contribution in [0.2, 0.25) is 0 Å². The predicted molar refractivity (Wildman–Crippen MR) is 123 cm³/mol. The van der Waals surface area contributed by atoms with Crippen molar-refractivity contribution in [2.45, 2.75) is 39.8 Å². The number of benzene rings is 1. The molecule has 1 aromatic carbocycles. The van der Waals surface area contributed by atoms with Crippen molar-refractivity contribution >= 4 is 35.8 Å². The monoisotopic (exact) mass is 504 g/mol. The molecule has 7 nitrogen and oxygen atoms in total. The minimum atomic E-state index is 0. The zero-order chi connectivity index (χ0) is 19.8. The van der Waals surface area contributed by atoms with Gasteiger partial charge in [-0.2, -0.15) is 0 Å². The van der Waals surface area contributed by atoms with Gasteiger partial charge in [-0.05, 0) is 19.4 Å². The molecule has 0 aliphatic carbocycles. The van der Waals surface area contributed by atoms with Gasteiger partial charge in [-0.3, -0.25) is 4.79 Å².